The quantitative estimate of drug-likeness (QED) is 0.770. The first-order chi connectivity index (χ1) is 7.08. The van der Waals surface area contributed by atoms with Gasteiger partial charge in [-0.15, -0.1) is 0 Å². The second kappa shape index (κ2) is 3.90. The third-order valence-corrected chi connectivity index (χ3v) is 4.43. The molecule has 0 radical (unpaired) electrons. The number of hydrogen-bond acceptors (Lipinski definition) is 4. The standard InChI is InChI=1S/C8H14N4O2S/c1-12(4-8-9-6-10-11-8)15(13,14)5-7-2-3-7/h6-7H,2-5H2,1H3,(H,9,10,11). The van der Waals surface area contributed by atoms with E-state index >= 15 is 0 Å². The van der Waals surface area contributed by atoms with Gasteiger partial charge in [-0.1, -0.05) is 0 Å². The Balaban J connectivity index is 1.96. The smallest absolute Gasteiger partial charge is 0.214 e. The van der Waals surface area contributed by atoms with Gasteiger partial charge in [-0.05, 0) is 18.8 Å². The fourth-order valence-corrected chi connectivity index (χ4v) is 2.83. The van der Waals surface area contributed by atoms with Crippen LogP contribution in [0.4, 0.5) is 0 Å². The molecule has 0 spiro atoms. The van der Waals surface area contributed by atoms with Gasteiger partial charge in [0.05, 0.1) is 12.3 Å². The number of hydrogen-bond donors (Lipinski definition) is 1. The summed E-state index contributed by atoms with van der Waals surface area (Å²) in [6, 6.07) is 0. The molecule has 1 aromatic rings. The Morgan fingerprint density at radius 2 is 2.33 bits per heavy atom. The Morgan fingerprint density at radius 1 is 1.60 bits per heavy atom. The van der Waals surface area contributed by atoms with Crippen molar-refractivity contribution in [2.24, 2.45) is 5.92 Å². The molecule has 1 aromatic heterocycles. The lowest BCUT2D eigenvalue weighted by molar-refractivity contribution is 0.455. The average Bonchev–Trinajstić information content (AvgIpc) is 2.81. The molecule has 1 aliphatic rings. The molecule has 1 fully saturated rings. The van der Waals surface area contributed by atoms with E-state index in [-0.39, 0.29) is 12.3 Å². The van der Waals surface area contributed by atoms with Crippen molar-refractivity contribution in [2.75, 3.05) is 12.8 Å². The van der Waals surface area contributed by atoms with Gasteiger partial charge in [0.1, 0.15) is 12.2 Å². The summed E-state index contributed by atoms with van der Waals surface area (Å²) in [6.07, 6.45) is 3.45. The van der Waals surface area contributed by atoms with Gasteiger partial charge in [-0.2, -0.15) is 9.40 Å². The maximum atomic E-state index is 11.8. The Morgan fingerprint density at radius 3 is 2.87 bits per heavy atom. The molecular formula is C8H14N4O2S. The van der Waals surface area contributed by atoms with Gasteiger partial charge in [0, 0.05) is 7.05 Å². The number of aromatic nitrogens is 3. The topological polar surface area (TPSA) is 79.0 Å². The zero-order valence-electron chi connectivity index (χ0n) is 8.55. The minimum atomic E-state index is -3.13. The van der Waals surface area contributed by atoms with Crippen LogP contribution < -0.4 is 0 Å². The summed E-state index contributed by atoms with van der Waals surface area (Å²) >= 11 is 0. The number of nitrogens with zero attached hydrogens (tertiary/aromatic N) is 3. The van der Waals surface area contributed by atoms with Crippen LogP contribution in [0.5, 0.6) is 0 Å². The molecule has 0 unspecified atom stereocenters. The Hall–Kier alpha value is -0.950. The summed E-state index contributed by atoms with van der Waals surface area (Å²) in [4.78, 5) is 3.89. The van der Waals surface area contributed by atoms with Gasteiger partial charge in [0.25, 0.3) is 0 Å². The van der Waals surface area contributed by atoms with E-state index < -0.39 is 10.0 Å². The van der Waals surface area contributed by atoms with Crippen LogP contribution in [0.15, 0.2) is 6.33 Å². The van der Waals surface area contributed by atoms with E-state index in [1.54, 1.807) is 7.05 Å². The molecular weight excluding hydrogens is 216 g/mol. The van der Waals surface area contributed by atoms with Crippen LogP contribution in [0, 0.1) is 5.92 Å². The molecule has 1 heterocycles. The third-order valence-electron chi connectivity index (χ3n) is 2.46. The predicted molar refractivity (Wildman–Crippen MR) is 54.4 cm³/mol. The Bertz CT molecular complexity index is 410. The molecule has 0 aromatic carbocycles. The summed E-state index contributed by atoms with van der Waals surface area (Å²) in [6.45, 7) is 0.259. The van der Waals surface area contributed by atoms with E-state index in [1.807, 2.05) is 0 Å². The predicted octanol–water partition coefficient (Wildman–Crippen LogP) is -0.0237. The monoisotopic (exact) mass is 230 g/mol. The van der Waals surface area contributed by atoms with E-state index in [0.29, 0.717) is 11.7 Å². The van der Waals surface area contributed by atoms with E-state index in [9.17, 15) is 8.42 Å². The normalized spacial score (nSPS) is 17.2. The lowest BCUT2D eigenvalue weighted by Crippen LogP contribution is -2.29. The molecule has 2 rings (SSSR count). The van der Waals surface area contributed by atoms with Crippen molar-refractivity contribution >= 4 is 10.0 Å². The maximum absolute atomic E-state index is 11.8. The van der Waals surface area contributed by atoms with Crippen LogP contribution in [-0.4, -0.2) is 40.7 Å². The molecule has 0 aliphatic heterocycles. The van der Waals surface area contributed by atoms with E-state index in [4.69, 9.17) is 0 Å². The molecule has 0 saturated heterocycles. The minimum absolute atomic E-state index is 0.259. The maximum Gasteiger partial charge on any atom is 0.214 e. The summed E-state index contributed by atoms with van der Waals surface area (Å²) in [5.74, 6) is 1.20. The highest BCUT2D eigenvalue weighted by molar-refractivity contribution is 7.89. The number of aromatic amines is 1. The van der Waals surface area contributed by atoms with Crippen LogP contribution in [-0.2, 0) is 16.6 Å². The summed E-state index contributed by atoms with van der Waals surface area (Å²) < 4.78 is 24.9. The molecule has 0 atom stereocenters. The van der Waals surface area contributed by atoms with Crippen LogP contribution >= 0.6 is 0 Å². The third kappa shape index (κ3) is 2.75. The average molecular weight is 230 g/mol. The highest BCUT2D eigenvalue weighted by Crippen LogP contribution is 2.31. The van der Waals surface area contributed by atoms with E-state index in [1.165, 1.54) is 10.6 Å². The summed E-state index contributed by atoms with van der Waals surface area (Å²) in [5.41, 5.74) is 0. The largest absolute Gasteiger partial charge is 0.262 e. The van der Waals surface area contributed by atoms with E-state index in [2.05, 4.69) is 15.2 Å². The fourth-order valence-electron chi connectivity index (χ4n) is 1.33. The van der Waals surface area contributed by atoms with Crippen molar-refractivity contribution in [3.8, 4) is 0 Å². The molecule has 7 heteroatoms. The fraction of sp³-hybridized carbons (Fsp3) is 0.750. The van der Waals surface area contributed by atoms with Gasteiger partial charge in [0.15, 0.2) is 0 Å². The molecule has 0 amide bonds. The zero-order chi connectivity index (χ0) is 10.9. The van der Waals surface area contributed by atoms with Gasteiger partial charge in [-0.3, -0.25) is 5.10 Å². The summed E-state index contributed by atoms with van der Waals surface area (Å²) in [5, 5.41) is 6.31. The molecule has 0 bridgehead atoms. The van der Waals surface area contributed by atoms with Crippen LogP contribution in [0.1, 0.15) is 18.7 Å². The molecule has 84 valence electrons. The number of rotatable bonds is 5. The van der Waals surface area contributed by atoms with Crippen LogP contribution in [0.2, 0.25) is 0 Å². The van der Waals surface area contributed by atoms with Gasteiger partial charge in [-0.25, -0.2) is 13.4 Å². The van der Waals surface area contributed by atoms with Crippen LogP contribution in [0.3, 0.4) is 0 Å². The SMILES string of the molecule is CN(Cc1ncn[nH]1)S(=O)(=O)CC1CC1. The summed E-state index contributed by atoms with van der Waals surface area (Å²) in [7, 11) is -1.56. The Kier molecular flexibility index (Phi) is 2.74. The lowest BCUT2D eigenvalue weighted by atomic mass is 10.5. The second-order valence-corrected chi connectivity index (χ2v) is 6.03. The molecule has 1 aliphatic carbocycles. The number of sulfonamides is 1. The highest BCUT2D eigenvalue weighted by atomic mass is 32.2. The lowest BCUT2D eigenvalue weighted by Gasteiger charge is -2.15. The first kappa shape index (κ1) is 10.6. The van der Waals surface area contributed by atoms with Crippen molar-refractivity contribution in [1.82, 2.24) is 19.5 Å². The number of nitrogens with one attached hydrogen (secondary N) is 1. The van der Waals surface area contributed by atoms with E-state index in [0.717, 1.165) is 12.8 Å². The zero-order valence-corrected chi connectivity index (χ0v) is 9.37. The van der Waals surface area contributed by atoms with Crippen molar-refractivity contribution in [3.63, 3.8) is 0 Å². The molecule has 15 heavy (non-hydrogen) atoms. The first-order valence-corrected chi connectivity index (χ1v) is 6.47. The Labute approximate surface area is 88.8 Å². The molecule has 1 saturated carbocycles. The van der Waals surface area contributed by atoms with Crippen molar-refractivity contribution < 1.29 is 8.42 Å². The van der Waals surface area contributed by atoms with Crippen molar-refractivity contribution in [1.29, 1.82) is 0 Å². The van der Waals surface area contributed by atoms with Crippen molar-refractivity contribution in [3.05, 3.63) is 12.2 Å². The van der Waals surface area contributed by atoms with Gasteiger partial charge < -0.3 is 0 Å². The van der Waals surface area contributed by atoms with Crippen molar-refractivity contribution in [2.45, 2.75) is 19.4 Å². The molecule has 1 N–H and O–H groups in total. The first-order valence-electron chi connectivity index (χ1n) is 4.86. The molecule has 6 nitrogen and oxygen atoms in total. The van der Waals surface area contributed by atoms with Gasteiger partial charge in [0.2, 0.25) is 10.0 Å². The number of H-pyrrole nitrogens is 1. The van der Waals surface area contributed by atoms with Gasteiger partial charge >= 0.3 is 0 Å². The second-order valence-electron chi connectivity index (χ2n) is 3.91. The highest BCUT2D eigenvalue weighted by Gasteiger charge is 2.30. The van der Waals surface area contributed by atoms with Crippen LogP contribution in [0.25, 0.3) is 0 Å². The minimum Gasteiger partial charge on any atom is -0.262 e.